The van der Waals surface area contributed by atoms with Crippen molar-refractivity contribution >= 4 is 32.9 Å². The molecule has 0 fully saturated rings. The quantitative estimate of drug-likeness (QED) is 0.765. The number of carbonyl (C=O) groups is 1. The van der Waals surface area contributed by atoms with Crippen LogP contribution in [0.2, 0.25) is 0 Å². The predicted octanol–water partition coefficient (Wildman–Crippen LogP) is 2.84. The van der Waals surface area contributed by atoms with Crippen molar-refractivity contribution < 1.29 is 9.90 Å². The Bertz CT molecular complexity index is 878. The number of H-pyrrole nitrogens is 1. The van der Waals surface area contributed by atoms with Crippen LogP contribution in [0.5, 0.6) is 0 Å². The number of hydrogen-bond acceptors (Lipinski definition) is 2. The fourth-order valence-electron chi connectivity index (χ4n) is 2.32. The number of carboxylic acids is 1. The number of benzene rings is 2. The Balaban J connectivity index is 2.17. The highest BCUT2D eigenvalue weighted by atomic mass is 79.9. The van der Waals surface area contributed by atoms with Crippen LogP contribution >= 0.6 is 15.9 Å². The lowest BCUT2D eigenvalue weighted by Gasteiger charge is -2.06. The van der Waals surface area contributed by atoms with Gasteiger partial charge in [0.25, 0.3) is 0 Å². The number of carboxylic acid groups (broad SMARTS) is 1. The van der Waals surface area contributed by atoms with Crippen molar-refractivity contribution in [2.75, 3.05) is 0 Å². The van der Waals surface area contributed by atoms with Crippen molar-refractivity contribution in [3.8, 4) is 0 Å². The molecule has 3 aromatic rings. The molecule has 0 aliphatic carbocycles. The molecule has 5 nitrogen and oxygen atoms in total. The summed E-state index contributed by atoms with van der Waals surface area (Å²) in [6.45, 7) is 0.316. The molecule has 0 atom stereocenters. The van der Waals surface area contributed by atoms with Gasteiger partial charge in [0.15, 0.2) is 0 Å². The van der Waals surface area contributed by atoms with Crippen LogP contribution in [0.3, 0.4) is 0 Å². The summed E-state index contributed by atoms with van der Waals surface area (Å²) in [5.74, 6) is -1.05. The van der Waals surface area contributed by atoms with Crippen LogP contribution in [0.15, 0.2) is 51.7 Å². The van der Waals surface area contributed by atoms with E-state index in [9.17, 15) is 14.7 Å². The molecule has 1 heterocycles. The van der Waals surface area contributed by atoms with Gasteiger partial charge in [0, 0.05) is 4.47 Å². The summed E-state index contributed by atoms with van der Waals surface area (Å²) in [6, 6.07) is 12.3. The zero-order chi connectivity index (χ0) is 15.0. The molecule has 0 saturated carbocycles. The van der Waals surface area contributed by atoms with Gasteiger partial charge in [-0.2, -0.15) is 0 Å². The maximum absolute atomic E-state index is 12.1. The van der Waals surface area contributed by atoms with E-state index in [1.165, 1.54) is 10.6 Å². The number of aromatic amines is 1. The summed E-state index contributed by atoms with van der Waals surface area (Å²) in [5.41, 5.74) is 1.65. The molecule has 0 aliphatic rings. The Labute approximate surface area is 128 Å². The Morgan fingerprint density at radius 3 is 2.57 bits per heavy atom. The van der Waals surface area contributed by atoms with Gasteiger partial charge in [-0.25, -0.2) is 9.59 Å². The number of fused-ring (bicyclic) bond motifs is 1. The number of nitrogens with one attached hydrogen (secondary N) is 1. The lowest BCUT2D eigenvalue weighted by molar-refractivity contribution is 0.0698. The molecule has 0 saturated heterocycles. The Morgan fingerprint density at radius 2 is 1.90 bits per heavy atom. The molecule has 3 rings (SSSR count). The molecule has 2 aromatic carbocycles. The van der Waals surface area contributed by atoms with Crippen LogP contribution in [0.4, 0.5) is 0 Å². The van der Waals surface area contributed by atoms with Crippen molar-refractivity contribution in [1.82, 2.24) is 9.55 Å². The first-order valence-corrected chi connectivity index (χ1v) is 7.05. The number of halogens is 1. The van der Waals surface area contributed by atoms with Crippen LogP contribution in [0.25, 0.3) is 11.0 Å². The molecular weight excluding hydrogens is 336 g/mol. The lowest BCUT2D eigenvalue weighted by atomic mass is 10.1. The predicted molar refractivity (Wildman–Crippen MR) is 82.8 cm³/mol. The minimum Gasteiger partial charge on any atom is -0.478 e. The first-order chi connectivity index (χ1) is 10.1. The monoisotopic (exact) mass is 346 g/mol. The molecular formula is C15H11BrN2O3. The van der Waals surface area contributed by atoms with Gasteiger partial charge < -0.3 is 10.1 Å². The highest BCUT2D eigenvalue weighted by Gasteiger charge is 2.15. The van der Waals surface area contributed by atoms with E-state index in [2.05, 4.69) is 20.9 Å². The van der Waals surface area contributed by atoms with E-state index < -0.39 is 5.97 Å². The third kappa shape index (κ3) is 2.50. The van der Waals surface area contributed by atoms with E-state index >= 15 is 0 Å². The number of hydrogen-bond donors (Lipinski definition) is 2. The summed E-state index contributed by atoms with van der Waals surface area (Å²) in [5, 5.41) is 9.28. The van der Waals surface area contributed by atoms with Crippen molar-refractivity contribution in [3.63, 3.8) is 0 Å². The maximum Gasteiger partial charge on any atom is 0.337 e. The van der Waals surface area contributed by atoms with Crippen LogP contribution in [0, 0.1) is 0 Å². The van der Waals surface area contributed by atoms with Crippen LogP contribution in [0.1, 0.15) is 15.9 Å². The fraction of sp³-hybridized carbons (Fsp3) is 0.0667. The second-order valence-electron chi connectivity index (χ2n) is 4.65. The molecule has 2 N–H and O–H groups in total. The Morgan fingerprint density at radius 1 is 1.19 bits per heavy atom. The van der Waals surface area contributed by atoms with Crippen molar-refractivity contribution in [2.24, 2.45) is 0 Å². The van der Waals surface area contributed by atoms with Crippen LogP contribution in [-0.2, 0) is 6.54 Å². The van der Waals surface area contributed by atoms with E-state index in [-0.39, 0.29) is 11.3 Å². The standard InChI is InChI=1S/C15H11BrN2O3/c16-10-6-4-9(5-7-10)8-18-13-11(14(19)20)2-1-3-12(13)17-15(18)21/h1-7H,8H2,(H,17,21)(H,19,20). The van der Waals surface area contributed by atoms with Crippen molar-refractivity contribution in [3.05, 3.63) is 68.5 Å². The molecule has 0 bridgehead atoms. The Kier molecular flexibility index (Phi) is 3.39. The molecule has 0 radical (unpaired) electrons. The van der Waals surface area contributed by atoms with Crippen molar-refractivity contribution in [1.29, 1.82) is 0 Å². The zero-order valence-corrected chi connectivity index (χ0v) is 12.4. The molecule has 106 valence electrons. The van der Waals surface area contributed by atoms with Gasteiger partial charge in [0.05, 0.1) is 23.1 Å². The minimum atomic E-state index is -1.05. The van der Waals surface area contributed by atoms with E-state index in [0.29, 0.717) is 17.6 Å². The number of nitrogens with zero attached hydrogens (tertiary/aromatic N) is 1. The summed E-state index contributed by atoms with van der Waals surface area (Å²) in [6.07, 6.45) is 0. The number of para-hydroxylation sites is 1. The molecule has 21 heavy (non-hydrogen) atoms. The van der Waals surface area contributed by atoms with Crippen LogP contribution in [-0.4, -0.2) is 20.6 Å². The summed E-state index contributed by atoms with van der Waals surface area (Å²) in [4.78, 5) is 26.1. The molecule has 0 amide bonds. The lowest BCUT2D eigenvalue weighted by Crippen LogP contribution is -2.18. The maximum atomic E-state index is 12.1. The normalized spacial score (nSPS) is 10.9. The average molecular weight is 347 g/mol. The smallest absolute Gasteiger partial charge is 0.337 e. The molecule has 0 aliphatic heterocycles. The SMILES string of the molecule is O=C(O)c1cccc2[nH]c(=O)n(Cc3ccc(Br)cc3)c12. The highest BCUT2D eigenvalue weighted by molar-refractivity contribution is 9.10. The number of rotatable bonds is 3. The van der Waals surface area contributed by atoms with Gasteiger partial charge in [0.1, 0.15) is 0 Å². The van der Waals surface area contributed by atoms with Gasteiger partial charge in [-0.3, -0.25) is 4.57 Å². The highest BCUT2D eigenvalue weighted by Crippen LogP contribution is 2.18. The summed E-state index contributed by atoms with van der Waals surface area (Å²) in [7, 11) is 0. The van der Waals surface area contributed by atoms with Crippen LogP contribution < -0.4 is 5.69 Å². The van der Waals surface area contributed by atoms with E-state index in [4.69, 9.17) is 0 Å². The topological polar surface area (TPSA) is 75.1 Å². The number of imidazole rings is 1. The summed E-state index contributed by atoms with van der Waals surface area (Å²) >= 11 is 3.36. The third-order valence-corrected chi connectivity index (χ3v) is 3.81. The van der Waals surface area contributed by atoms with E-state index in [1.54, 1.807) is 12.1 Å². The fourth-order valence-corrected chi connectivity index (χ4v) is 2.58. The zero-order valence-electron chi connectivity index (χ0n) is 10.8. The second kappa shape index (κ2) is 5.21. The average Bonchev–Trinajstić information content (AvgIpc) is 2.77. The van der Waals surface area contributed by atoms with E-state index in [0.717, 1.165) is 10.0 Å². The van der Waals surface area contributed by atoms with Crippen molar-refractivity contribution in [2.45, 2.75) is 6.54 Å². The van der Waals surface area contributed by atoms with Gasteiger partial charge in [-0.15, -0.1) is 0 Å². The van der Waals surface area contributed by atoms with Gasteiger partial charge in [0.2, 0.25) is 0 Å². The molecule has 1 aromatic heterocycles. The third-order valence-electron chi connectivity index (χ3n) is 3.28. The largest absolute Gasteiger partial charge is 0.478 e. The first-order valence-electron chi connectivity index (χ1n) is 6.25. The molecule has 0 spiro atoms. The molecule has 0 unspecified atom stereocenters. The van der Waals surface area contributed by atoms with Gasteiger partial charge >= 0.3 is 11.7 Å². The second-order valence-corrected chi connectivity index (χ2v) is 5.57. The van der Waals surface area contributed by atoms with Gasteiger partial charge in [-0.1, -0.05) is 34.1 Å². The van der Waals surface area contributed by atoms with E-state index in [1.807, 2.05) is 24.3 Å². The number of aromatic carboxylic acids is 1. The molecule has 6 heteroatoms. The summed E-state index contributed by atoms with van der Waals surface area (Å²) < 4.78 is 2.39. The minimum absolute atomic E-state index is 0.114. The first kappa shape index (κ1) is 13.6. The Hall–Kier alpha value is -2.34. The van der Waals surface area contributed by atoms with Gasteiger partial charge in [-0.05, 0) is 29.8 Å². The number of aromatic nitrogens is 2.